The fraction of sp³-hybridized carbons (Fsp3) is 0.563. The van der Waals surface area contributed by atoms with Crippen LogP contribution in [0, 0.1) is 25.6 Å². The third-order valence-corrected chi connectivity index (χ3v) is 18.6. The summed E-state index contributed by atoms with van der Waals surface area (Å²) >= 11 is 0. The number of nitrogens with zero attached hydrogens (tertiary/aromatic N) is 2. The second kappa shape index (κ2) is 44.2. The molecule has 596 valence electrons. The van der Waals surface area contributed by atoms with Gasteiger partial charge in [-0.15, -0.1) is 8.86 Å². The minimum absolute atomic E-state index is 0.00499. The van der Waals surface area contributed by atoms with Crippen molar-refractivity contribution in [1.29, 1.82) is 0 Å². The van der Waals surface area contributed by atoms with Crippen LogP contribution in [0.25, 0.3) is 11.6 Å². The van der Waals surface area contributed by atoms with E-state index in [0.29, 0.717) is 41.2 Å². The van der Waals surface area contributed by atoms with Gasteiger partial charge in [0.2, 0.25) is 53.2 Å². The molecule has 0 unspecified atom stereocenters. The zero-order valence-corrected chi connectivity index (χ0v) is 63.5. The number of aromatic amines is 1. The summed E-state index contributed by atoms with van der Waals surface area (Å²) in [6.45, 7) is 14.0. The first-order valence-corrected chi connectivity index (χ1v) is 36.8. The number of fused-ring (bicyclic) bond motifs is 1. The molecule has 108 heavy (non-hydrogen) atoms. The van der Waals surface area contributed by atoms with Gasteiger partial charge in [-0.3, -0.25) is 63.0 Å². The Bertz CT molecular complexity index is 3650. The molecule has 37 heteroatoms. The zero-order chi connectivity index (χ0) is 80.1. The van der Waals surface area contributed by atoms with Crippen molar-refractivity contribution in [2.24, 2.45) is 34.6 Å². The van der Waals surface area contributed by atoms with Crippen LogP contribution in [-0.4, -0.2) is 241 Å². The van der Waals surface area contributed by atoms with Crippen LogP contribution in [0.4, 0.5) is 14.9 Å². The summed E-state index contributed by atoms with van der Waals surface area (Å²) in [5, 5.41) is 53.6. The van der Waals surface area contributed by atoms with Gasteiger partial charge < -0.3 is 112 Å². The molecule has 0 radical (unpaired) electrons. The van der Waals surface area contributed by atoms with E-state index in [1.807, 2.05) is 13.8 Å². The van der Waals surface area contributed by atoms with E-state index in [2.05, 4.69) is 82.5 Å². The fourth-order valence-corrected chi connectivity index (χ4v) is 12.5. The highest BCUT2D eigenvalue weighted by Gasteiger charge is 2.39. The van der Waals surface area contributed by atoms with Crippen LogP contribution in [0.2, 0.25) is 0 Å². The average Bonchev–Trinajstić information content (AvgIpc) is 1.61. The number of ether oxygens (including phenoxy) is 1. The van der Waals surface area contributed by atoms with Crippen molar-refractivity contribution in [2.45, 2.75) is 179 Å². The number of aliphatic hydroxyl groups excluding tert-OH is 2. The lowest BCUT2D eigenvalue weighted by Gasteiger charge is -2.29. The lowest BCUT2D eigenvalue weighted by atomic mass is 10.00. The van der Waals surface area contributed by atoms with Gasteiger partial charge >= 0.3 is 6.09 Å². The summed E-state index contributed by atoms with van der Waals surface area (Å²) in [6.07, 6.45) is -4.41. The molecule has 1 aromatic heterocycles. The van der Waals surface area contributed by atoms with Crippen molar-refractivity contribution in [2.75, 3.05) is 77.1 Å². The fourth-order valence-electron chi connectivity index (χ4n) is 12.2. The second-order valence-electron chi connectivity index (χ2n) is 26.9. The minimum atomic E-state index is -1.88. The predicted octanol–water partition coefficient (Wildman–Crippen LogP) is -3.79. The first kappa shape index (κ1) is 89.3. The maximum Gasteiger partial charge on any atom is 0.409 e. The number of nitrogens with two attached hydrogens (primary N) is 5. The maximum absolute atomic E-state index is 14.9. The predicted molar refractivity (Wildman–Crippen MR) is 405 cm³/mol. The van der Waals surface area contributed by atoms with Gasteiger partial charge in [0.1, 0.15) is 60.2 Å². The number of aromatic nitrogens is 1. The van der Waals surface area contributed by atoms with Gasteiger partial charge in [0, 0.05) is 48.4 Å². The molecule has 1 saturated heterocycles. The summed E-state index contributed by atoms with van der Waals surface area (Å²) < 4.78 is 20.4. The van der Waals surface area contributed by atoms with Crippen molar-refractivity contribution in [3.63, 3.8) is 0 Å². The summed E-state index contributed by atoms with van der Waals surface area (Å²) in [6, 6.07) is -2.73. The molecule has 12 atom stereocenters. The van der Waals surface area contributed by atoms with Gasteiger partial charge in [-0.05, 0) is 160 Å². The Morgan fingerprint density at radius 1 is 0.694 bits per heavy atom. The van der Waals surface area contributed by atoms with Gasteiger partial charge in [0.25, 0.3) is 11.8 Å². The van der Waals surface area contributed by atoms with Gasteiger partial charge in [-0.2, -0.15) is 0 Å². The van der Waals surface area contributed by atoms with Crippen LogP contribution >= 0.6 is 8.86 Å². The molecular weight excluding hydrogens is 1420 g/mol. The number of aliphatic hydroxyl groups is 2. The summed E-state index contributed by atoms with van der Waals surface area (Å²) in [4.78, 5) is 177. The molecular formula is C71H110FN20O15P. The maximum atomic E-state index is 14.9. The number of aryl methyl sites for hydroxylation is 1. The molecule has 5 rings (SSSR count). The number of likely N-dealkylation sites (N-methyl/N-ethyl adjacent to an activating group) is 1. The molecule has 3 heterocycles. The number of alkyl carbamates (subject to hydrolysis) is 1. The summed E-state index contributed by atoms with van der Waals surface area (Å²) in [5.74, 6) is -10.4. The Morgan fingerprint density at radius 2 is 1.26 bits per heavy atom. The van der Waals surface area contributed by atoms with E-state index in [0.717, 1.165) is 37.0 Å². The highest BCUT2D eigenvalue weighted by molar-refractivity contribution is 7.21. The minimum Gasteiger partial charge on any atom is -0.428 e. The first-order chi connectivity index (χ1) is 51.3. The van der Waals surface area contributed by atoms with E-state index in [9.17, 15) is 72.1 Å². The summed E-state index contributed by atoms with van der Waals surface area (Å²) in [7, 11) is 3.47. The summed E-state index contributed by atoms with van der Waals surface area (Å²) in [5.41, 5.74) is 32.5. The number of nitrogens with one attached hydrogen (secondary N) is 13. The standard InChI is InChI=1S/C71H110FN20O15P/c1-9-91(10-2)31-30-79-66(102)56-38(5)52(80-39(56)6)35-45-44-34-43(72)16-17-55(44)92(70(45)105)36-107-71(106)88-49(21-27-76)63(99)89-58(41(8)94)68(104)84-48(20-26-75)59(95)83-50-23-29-78-67(103)57(40(7)93)90-69(108)51(22-28-77)85-60(96)46(18-24-73)82-64(100)53(32-37(3)4)86-65(101)54(33-42-14-12-11-13-15-42)87-61(97)47(19-25-74)81-62(50)98/h11-17,34-35,37,40-41,46-51,53-54,57-58,80,90,93-94,108H,9-10,18-33,36,73-77H2,1-8H3,(H,78,103)(H,79,102)(H,81,98)(H,82,100)(H,83,95)(H,84,104)(H,85,96)(H,86,101)(H,87,97)(H,88,106)(H,89,99)/b45-35-/t40-,41-,46+,47+,48+,49+,50+,51+,53+,54-,57+,58+/m1/s1. The van der Waals surface area contributed by atoms with Crippen LogP contribution in [0.1, 0.15) is 125 Å². The number of amides is 12. The molecule has 0 bridgehead atoms. The van der Waals surface area contributed by atoms with Crippen LogP contribution in [-0.2, 0) is 59.1 Å². The molecule has 0 spiro atoms. The number of H-pyrrole nitrogens is 1. The Morgan fingerprint density at radius 3 is 1.84 bits per heavy atom. The number of carbonyl (C=O) groups excluding carboxylic acids is 12. The second-order valence-corrected chi connectivity index (χ2v) is 27.4. The van der Waals surface area contributed by atoms with Crippen molar-refractivity contribution in [3.05, 3.63) is 88.0 Å². The highest BCUT2D eigenvalue weighted by Crippen LogP contribution is 2.39. The number of halogens is 1. The molecule has 0 saturated carbocycles. The molecule has 0 aliphatic carbocycles. The number of hydrogen-bond donors (Lipinski definition) is 20. The van der Waals surface area contributed by atoms with Gasteiger partial charge in [-0.25, -0.2) is 9.18 Å². The normalized spacial score (nSPS) is 21.2. The number of hydrogen-bond acceptors (Lipinski definition) is 21. The van der Waals surface area contributed by atoms with E-state index in [1.54, 1.807) is 58.0 Å². The van der Waals surface area contributed by atoms with E-state index >= 15 is 0 Å². The molecule has 2 aliphatic heterocycles. The van der Waals surface area contributed by atoms with E-state index in [1.165, 1.54) is 19.1 Å². The van der Waals surface area contributed by atoms with Gasteiger partial charge in [-0.1, -0.05) is 58.0 Å². The zero-order valence-electron chi connectivity index (χ0n) is 62.5. The van der Waals surface area contributed by atoms with Crippen LogP contribution in [0.3, 0.4) is 0 Å². The van der Waals surface area contributed by atoms with Crippen LogP contribution < -0.4 is 97.4 Å². The molecule has 3 aromatic rings. The lowest BCUT2D eigenvalue weighted by Crippen LogP contribution is -2.62. The highest BCUT2D eigenvalue weighted by atomic mass is 31.0. The molecule has 1 fully saturated rings. The number of carbonyl (C=O) groups is 12. The number of rotatable bonds is 32. The Labute approximate surface area is 629 Å². The Hall–Kier alpha value is -9.36. The molecule has 35 nitrogen and oxygen atoms in total. The lowest BCUT2D eigenvalue weighted by molar-refractivity contribution is -0.136. The van der Waals surface area contributed by atoms with E-state index in [4.69, 9.17) is 33.4 Å². The van der Waals surface area contributed by atoms with Crippen LogP contribution in [0.15, 0.2) is 48.5 Å². The molecule has 25 N–H and O–H groups in total. The number of benzene rings is 2. The topological polar surface area (TPSA) is 551 Å². The molecule has 2 aromatic carbocycles. The Kier molecular flexibility index (Phi) is 36.5. The van der Waals surface area contributed by atoms with Crippen molar-refractivity contribution < 1.29 is 76.9 Å². The van der Waals surface area contributed by atoms with Gasteiger partial charge in [0.15, 0.2) is 6.73 Å². The van der Waals surface area contributed by atoms with Gasteiger partial charge in [0.05, 0.1) is 35.1 Å². The SMILES string of the molecule is CCN(CC)CCNC(=O)c1c(C)[nH]c(/C=C2\C(=O)N(COC(=O)N[C@@H](CCN)C(=O)N[C@H](C(=O)N[C@@H](CCN)C(=O)N[C@H]3CCNC(=O)[C@H]([C@@H](C)O)NC(=P)[C@H](CCN)NC(=O)[C@H](CCN)NC(=O)[C@H](CC(C)C)NC(=O)[C@@H](Cc4ccccc4)NC(=O)[C@H](CCN)NC3=O)[C@@H](C)O)c3ccc(F)cc32)c1C. The largest absolute Gasteiger partial charge is 0.428 e. The third kappa shape index (κ3) is 26.2. The average molecular weight is 1530 g/mol. The van der Waals surface area contributed by atoms with Crippen molar-refractivity contribution in [3.8, 4) is 0 Å². The quantitative estimate of drug-likeness (QED) is 0.0211. The smallest absolute Gasteiger partial charge is 0.409 e. The third-order valence-electron chi connectivity index (χ3n) is 18.1. The Balaban J connectivity index is 1.39. The van der Waals surface area contributed by atoms with E-state index in [-0.39, 0.29) is 112 Å². The van der Waals surface area contributed by atoms with Crippen molar-refractivity contribution >= 4 is 103 Å². The molecule has 12 amide bonds. The van der Waals surface area contributed by atoms with Crippen LogP contribution in [0.5, 0.6) is 0 Å². The monoisotopic (exact) mass is 1530 g/mol. The number of anilines is 1. The first-order valence-electron chi connectivity index (χ1n) is 36.3. The van der Waals surface area contributed by atoms with E-state index < -0.39 is 163 Å². The van der Waals surface area contributed by atoms with Crippen molar-refractivity contribution in [1.82, 2.24) is 73.7 Å². The molecule has 2 aliphatic rings.